The summed E-state index contributed by atoms with van der Waals surface area (Å²) in [4.78, 5) is 24.5. The summed E-state index contributed by atoms with van der Waals surface area (Å²) < 4.78 is 5.78. The Balaban J connectivity index is 1.41. The number of likely N-dealkylation sites (N-methyl/N-ethyl adjacent to an activating group) is 1. The van der Waals surface area contributed by atoms with Gasteiger partial charge in [0.05, 0.1) is 23.4 Å². The van der Waals surface area contributed by atoms with Gasteiger partial charge >= 0.3 is 0 Å². The van der Waals surface area contributed by atoms with Crippen LogP contribution in [0.1, 0.15) is 46.4 Å². The number of fused-ring (bicyclic) bond motifs is 2. The molecular weight excluding hydrogens is 410 g/mol. The normalized spacial score (nSPS) is 17.9. The number of nitrogens with zero attached hydrogens (tertiary/aromatic N) is 3. The number of amides is 1. The Morgan fingerprint density at radius 2 is 2.13 bits per heavy atom. The highest BCUT2D eigenvalue weighted by Crippen LogP contribution is 2.31. The van der Waals surface area contributed by atoms with Crippen LogP contribution in [0.4, 0.5) is 0 Å². The number of carbonyl (C=O) groups excluding carboxylic acids is 1. The van der Waals surface area contributed by atoms with E-state index in [1.807, 2.05) is 29.5 Å². The molecule has 1 aromatic carbocycles. The average Bonchev–Trinajstić information content (AvgIpc) is 3.20. The van der Waals surface area contributed by atoms with Gasteiger partial charge in [-0.2, -0.15) is 0 Å². The lowest BCUT2D eigenvalue weighted by molar-refractivity contribution is -0.127. The molecule has 1 aliphatic heterocycles. The molecule has 2 heterocycles. The zero-order chi connectivity index (χ0) is 21.6. The van der Waals surface area contributed by atoms with Crippen molar-refractivity contribution >= 4 is 23.2 Å². The van der Waals surface area contributed by atoms with Crippen molar-refractivity contribution in [3.63, 3.8) is 0 Å². The van der Waals surface area contributed by atoms with Gasteiger partial charge in [-0.1, -0.05) is 18.2 Å². The minimum absolute atomic E-state index is 0.0268. The molecule has 2 aliphatic rings. The molecule has 7 nitrogen and oxygen atoms in total. The van der Waals surface area contributed by atoms with Crippen molar-refractivity contribution < 1.29 is 9.53 Å². The number of para-hydroxylation sites is 1. The molecular formula is C23H31N5O2S. The monoisotopic (exact) mass is 441 g/mol. The van der Waals surface area contributed by atoms with Crippen molar-refractivity contribution in [1.29, 1.82) is 0 Å². The number of guanidine groups is 1. The maximum atomic E-state index is 12.1. The van der Waals surface area contributed by atoms with E-state index < -0.39 is 0 Å². The Kier molecular flexibility index (Phi) is 7.06. The van der Waals surface area contributed by atoms with Crippen molar-refractivity contribution in [3.8, 4) is 5.75 Å². The molecule has 0 spiro atoms. The summed E-state index contributed by atoms with van der Waals surface area (Å²) in [6.07, 6.45) is 6.51. The predicted octanol–water partition coefficient (Wildman–Crippen LogP) is 2.71. The smallest absolute Gasteiger partial charge is 0.243 e. The van der Waals surface area contributed by atoms with E-state index in [-0.39, 0.29) is 18.5 Å². The van der Waals surface area contributed by atoms with Gasteiger partial charge in [0.15, 0.2) is 5.96 Å². The third-order valence-electron chi connectivity index (χ3n) is 5.66. The molecule has 2 aromatic rings. The number of thiazole rings is 1. The van der Waals surface area contributed by atoms with E-state index in [1.165, 1.54) is 34.8 Å². The fourth-order valence-electron chi connectivity index (χ4n) is 3.90. The van der Waals surface area contributed by atoms with Crippen LogP contribution in [0.15, 0.2) is 29.3 Å². The molecule has 1 aromatic heterocycles. The van der Waals surface area contributed by atoms with E-state index >= 15 is 0 Å². The average molecular weight is 442 g/mol. The molecule has 2 N–H and O–H groups in total. The molecule has 0 saturated carbocycles. The van der Waals surface area contributed by atoms with Crippen LogP contribution in [-0.4, -0.2) is 55.5 Å². The SMILES string of the molecule is CN(C)C(=O)CN=C(NCCc1nc2c(s1)CCCC2)NC1CCOc2ccccc21. The molecule has 0 saturated heterocycles. The van der Waals surface area contributed by atoms with E-state index in [1.54, 1.807) is 19.0 Å². The minimum atomic E-state index is -0.0268. The minimum Gasteiger partial charge on any atom is -0.493 e. The van der Waals surface area contributed by atoms with E-state index in [2.05, 4.69) is 21.7 Å². The van der Waals surface area contributed by atoms with Crippen molar-refractivity contribution in [1.82, 2.24) is 20.5 Å². The molecule has 0 radical (unpaired) electrons. The number of hydrogen-bond acceptors (Lipinski definition) is 5. The number of aryl methyl sites for hydroxylation is 2. The van der Waals surface area contributed by atoms with Crippen LogP contribution in [0, 0.1) is 0 Å². The lowest BCUT2D eigenvalue weighted by atomic mass is 10.0. The lowest BCUT2D eigenvalue weighted by Gasteiger charge is -2.28. The van der Waals surface area contributed by atoms with Gasteiger partial charge in [-0.25, -0.2) is 9.98 Å². The van der Waals surface area contributed by atoms with Crippen LogP contribution < -0.4 is 15.4 Å². The second-order valence-electron chi connectivity index (χ2n) is 8.19. The molecule has 0 fully saturated rings. The van der Waals surface area contributed by atoms with Crippen LogP contribution in [0.2, 0.25) is 0 Å². The fourth-order valence-corrected chi connectivity index (χ4v) is 5.05. The first kappa shape index (κ1) is 21.6. The van der Waals surface area contributed by atoms with E-state index in [0.29, 0.717) is 12.6 Å². The van der Waals surface area contributed by atoms with Gasteiger partial charge in [-0.05, 0) is 31.7 Å². The number of benzene rings is 1. The fraction of sp³-hybridized carbons (Fsp3) is 0.522. The van der Waals surface area contributed by atoms with Crippen LogP contribution in [-0.2, 0) is 24.1 Å². The number of ether oxygens (including phenoxy) is 1. The summed E-state index contributed by atoms with van der Waals surface area (Å²) in [7, 11) is 3.49. The van der Waals surface area contributed by atoms with Crippen molar-refractivity contribution in [3.05, 3.63) is 45.4 Å². The van der Waals surface area contributed by atoms with Crippen molar-refractivity contribution in [2.45, 2.75) is 44.6 Å². The summed E-state index contributed by atoms with van der Waals surface area (Å²) in [5.74, 6) is 1.53. The number of aromatic nitrogens is 1. The molecule has 31 heavy (non-hydrogen) atoms. The predicted molar refractivity (Wildman–Crippen MR) is 124 cm³/mol. The molecule has 0 bridgehead atoms. The number of rotatable bonds is 6. The first-order chi connectivity index (χ1) is 15.1. The van der Waals surface area contributed by atoms with Gasteiger partial charge in [0, 0.05) is 43.9 Å². The molecule has 1 amide bonds. The zero-order valence-electron chi connectivity index (χ0n) is 18.3. The highest BCUT2D eigenvalue weighted by molar-refractivity contribution is 7.11. The Labute approximate surface area is 187 Å². The van der Waals surface area contributed by atoms with Gasteiger partial charge in [-0.3, -0.25) is 4.79 Å². The maximum absolute atomic E-state index is 12.1. The number of carbonyl (C=O) groups is 1. The molecule has 1 unspecified atom stereocenters. The standard InChI is InChI=1S/C23H31N5O2S/c1-28(2)22(29)15-25-23(27-17-12-14-30-19-9-5-3-7-16(17)19)24-13-11-21-26-18-8-4-6-10-20(18)31-21/h3,5,7,9,17H,4,6,8,10-15H2,1-2H3,(H2,24,25,27). The van der Waals surface area contributed by atoms with Gasteiger partial charge in [-0.15, -0.1) is 11.3 Å². The summed E-state index contributed by atoms with van der Waals surface area (Å²) in [5, 5.41) is 8.11. The summed E-state index contributed by atoms with van der Waals surface area (Å²) in [6, 6.07) is 8.17. The maximum Gasteiger partial charge on any atom is 0.243 e. The zero-order valence-corrected chi connectivity index (χ0v) is 19.1. The molecule has 4 rings (SSSR count). The van der Waals surface area contributed by atoms with Crippen LogP contribution in [0.5, 0.6) is 5.75 Å². The summed E-state index contributed by atoms with van der Waals surface area (Å²) >= 11 is 1.85. The highest BCUT2D eigenvalue weighted by Gasteiger charge is 2.22. The Morgan fingerprint density at radius 3 is 2.97 bits per heavy atom. The van der Waals surface area contributed by atoms with Crippen LogP contribution >= 0.6 is 11.3 Å². The Hall–Kier alpha value is -2.61. The largest absolute Gasteiger partial charge is 0.493 e. The molecule has 1 atom stereocenters. The Bertz CT molecular complexity index is 916. The second kappa shape index (κ2) is 10.1. The lowest BCUT2D eigenvalue weighted by Crippen LogP contribution is -2.42. The summed E-state index contributed by atoms with van der Waals surface area (Å²) in [6.45, 7) is 1.49. The van der Waals surface area contributed by atoms with Gasteiger partial charge in [0.1, 0.15) is 12.3 Å². The summed E-state index contributed by atoms with van der Waals surface area (Å²) in [5.41, 5.74) is 2.42. The highest BCUT2D eigenvalue weighted by atomic mass is 32.1. The topological polar surface area (TPSA) is 78.9 Å². The molecule has 1 aliphatic carbocycles. The van der Waals surface area contributed by atoms with E-state index in [4.69, 9.17) is 9.72 Å². The van der Waals surface area contributed by atoms with Gasteiger partial charge in [0.2, 0.25) is 5.91 Å². The Morgan fingerprint density at radius 1 is 1.29 bits per heavy atom. The molecule has 8 heteroatoms. The van der Waals surface area contributed by atoms with Crippen molar-refractivity contribution in [2.24, 2.45) is 4.99 Å². The van der Waals surface area contributed by atoms with Crippen LogP contribution in [0.25, 0.3) is 0 Å². The number of aliphatic imine (C=N–C) groups is 1. The van der Waals surface area contributed by atoms with Crippen molar-refractivity contribution in [2.75, 3.05) is 33.8 Å². The molecule has 166 valence electrons. The van der Waals surface area contributed by atoms with E-state index in [9.17, 15) is 4.79 Å². The first-order valence-electron chi connectivity index (χ1n) is 11.0. The third-order valence-corrected chi connectivity index (χ3v) is 6.88. The van der Waals surface area contributed by atoms with Gasteiger partial charge < -0.3 is 20.3 Å². The van der Waals surface area contributed by atoms with Crippen LogP contribution in [0.3, 0.4) is 0 Å². The number of hydrogen-bond donors (Lipinski definition) is 2. The third kappa shape index (κ3) is 5.55. The van der Waals surface area contributed by atoms with Gasteiger partial charge in [0.25, 0.3) is 0 Å². The number of nitrogens with one attached hydrogen (secondary N) is 2. The van der Waals surface area contributed by atoms with E-state index in [0.717, 1.165) is 37.1 Å². The quantitative estimate of drug-likeness (QED) is 0.532. The second-order valence-corrected chi connectivity index (χ2v) is 9.35. The first-order valence-corrected chi connectivity index (χ1v) is 11.9.